The van der Waals surface area contributed by atoms with Crippen LogP contribution < -0.4 is 0 Å². The highest BCUT2D eigenvalue weighted by Crippen LogP contribution is 2.16. The molecule has 0 radical (unpaired) electrons. The summed E-state index contributed by atoms with van der Waals surface area (Å²) in [6, 6.07) is 0. The lowest BCUT2D eigenvalue weighted by Crippen LogP contribution is -2.28. The highest BCUT2D eigenvalue weighted by molar-refractivity contribution is 4.68. The standard InChI is InChI=1S/C14H30O3/c1-5-11(13(15)7-3)9-17-10-12(6-2)14(16)8-4/h11-16H,5-10H2,1-4H3. The maximum absolute atomic E-state index is 9.77. The van der Waals surface area contributed by atoms with Crippen LogP contribution >= 0.6 is 0 Å². The molecule has 0 aliphatic rings. The van der Waals surface area contributed by atoms with Crippen LogP contribution in [0.5, 0.6) is 0 Å². The van der Waals surface area contributed by atoms with Crippen molar-refractivity contribution in [2.45, 2.75) is 65.6 Å². The van der Waals surface area contributed by atoms with Gasteiger partial charge in [-0.2, -0.15) is 0 Å². The molecule has 0 saturated heterocycles. The van der Waals surface area contributed by atoms with Crippen molar-refractivity contribution in [3.05, 3.63) is 0 Å². The molecule has 0 bridgehead atoms. The van der Waals surface area contributed by atoms with Crippen molar-refractivity contribution < 1.29 is 14.9 Å². The Hall–Kier alpha value is -0.120. The largest absolute Gasteiger partial charge is 0.393 e. The second-order valence-corrected chi connectivity index (χ2v) is 4.83. The highest BCUT2D eigenvalue weighted by atomic mass is 16.5. The molecule has 0 aromatic carbocycles. The summed E-state index contributed by atoms with van der Waals surface area (Å²) < 4.78 is 5.67. The summed E-state index contributed by atoms with van der Waals surface area (Å²) in [5, 5.41) is 19.5. The first-order valence-corrected chi connectivity index (χ1v) is 7.04. The van der Waals surface area contributed by atoms with Gasteiger partial charge in [-0.3, -0.25) is 0 Å². The summed E-state index contributed by atoms with van der Waals surface area (Å²) in [5.74, 6) is 0.438. The summed E-state index contributed by atoms with van der Waals surface area (Å²) in [5.41, 5.74) is 0. The van der Waals surface area contributed by atoms with Crippen molar-refractivity contribution in [3.63, 3.8) is 0 Å². The van der Waals surface area contributed by atoms with E-state index in [4.69, 9.17) is 4.74 Å². The number of hydrogen-bond donors (Lipinski definition) is 2. The molecule has 104 valence electrons. The lowest BCUT2D eigenvalue weighted by atomic mass is 9.97. The molecule has 0 rings (SSSR count). The molecule has 0 heterocycles. The third-order valence-corrected chi connectivity index (χ3v) is 3.64. The summed E-state index contributed by atoms with van der Waals surface area (Å²) in [7, 11) is 0. The van der Waals surface area contributed by atoms with Crippen LogP contribution in [-0.2, 0) is 4.74 Å². The van der Waals surface area contributed by atoms with Crippen molar-refractivity contribution in [2.75, 3.05) is 13.2 Å². The van der Waals surface area contributed by atoms with Gasteiger partial charge in [0.25, 0.3) is 0 Å². The molecule has 0 saturated carbocycles. The Balaban J connectivity index is 3.93. The first-order chi connectivity index (χ1) is 8.10. The zero-order valence-electron chi connectivity index (χ0n) is 11.9. The second kappa shape index (κ2) is 9.86. The van der Waals surface area contributed by atoms with Crippen LogP contribution in [0.2, 0.25) is 0 Å². The van der Waals surface area contributed by atoms with Crippen LogP contribution in [0.15, 0.2) is 0 Å². The lowest BCUT2D eigenvalue weighted by Gasteiger charge is -2.24. The molecule has 3 nitrogen and oxygen atoms in total. The van der Waals surface area contributed by atoms with Gasteiger partial charge >= 0.3 is 0 Å². The quantitative estimate of drug-likeness (QED) is 0.623. The number of ether oxygens (including phenoxy) is 1. The molecule has 4 atom stereocenters. The predicted octanol–water partition coefficient (Wildman–Crippen LogP) is 2.60. The van der Waals surface area contributed by atoms with Crippen LogP contribution in [0.3, 0.4) is 0 Å². The van der Waals surface area contributed by atoms with Crippen molar-refractivity contribution >= 4 is 0 Å². The Kier molecular flexibility index (Phi) is 9.79. The van der Waals surface area contributed by atoms with Gasteiger partial charge in [-0.05, 0) is 25.7 Å². The molecule has 0 aromatic rings. The smallest absolute Gasteiger partial charge is 0.0587 e. The van der Waals surface area contributed by atoms with Gasteiger partial charge in [-0.25, -0.2) is 0 Å². The predicted molar refractivity (Wildman–Crippen MR) is 71.0 cm³/mol. The van der Waals surface area contributed by atoms with Gasteiger partial charge in [-0.1, -0.05) is 27.7 Å². The Morgan fingerprint density at radius 1 is 0.706 bits per heavy atom. The minimum Gasteiger partial charge on any atom is -0.393 e. The molecule has 0 fully saturated rings. The Morgan fingerprint density at radius 3 is 1.29 bits per heavy atom. The second-order valence-electron chi connectivity index (χ2n) is 4.83. The van der Waals surface area contributed by atoms with Gasteiger partial charge in [0.1, 0.15) is 0 Å². The molecule has 3 heteroatoms. The number of rotatable bonds is 10. The first-order valence-electron chi connectivity index (χ1n) is 7.04. The van der Waals surface area contributed by atoms with Gasteiger partial charge in [0.2, 0.25) is 0 Å². The summed E-state index contributed by atoms with van der Waals surface area (Å²) in [4.78, 5) is 0. The highest BCUT2D eigenvalue weighted by Gasteiger charge is 2.19. The fourth-order valence-corrected chi connectivity index (χ4v) is 2.04. The van der Waals surface area contributed by atoms with Crippen LogP contribution in [0.25, 0.3) is 0 Å². The van der Waals surface area contributed by atoms with E-state index in [9.17, 15) is 10.2 Å². The average Bonchev–Trinajstić information content (AvgIpc) is 2.37. The van der Waals surface area contributed by atoms with Gasteiger partial charge < -0.3 is 14.9 Å². The molecule has 0 aliphatic heterocycles. The topological polar surface area (TPSA) is 49.7 Å². The number of aliphatic hydroxyl groups is 2. The monoisotopic (exact) mass is 246 g/mol. The summed E-state index contributed by atoms with van der Waals surface area (Å²) in [6.45, 7) is 9.32. The molecule has 4 unspecified atom stereocenters. The van der Waals surface area contributed by atoms with E-state index < -0.39 is 0 Å². The van der Waals surface area contributed by atoms with Gasteiger partial charge in [0.15, 0.2) is 0 Å². The molecule has 0 amide bonds. The molecule has 0 aromatic heterocycles. The van der Waals surface area contributed by atoms with E-state index in [-0.39, 0.29) is 24.0 Å². The van der Waals surface area contributed by atoms with Crippen molar-refractivity contribution in [3.8, 4) is 0 Å². The maximum atomic E-state index is 9.77. The van der Waals surface area contributed by atoms with Gasteiger partial charge in [0, 0.05) is 11.8 Å². The lowest BCUT2D eigenvalue weighted by molar-refractivity contribution is -0.0138. The van der Waals surface area contributed by atoms with E-state index in [0.717, 1.165) is 25.7 Å². The molecule has 0 spiro atoms. The van der Waals surface area contributed by atoms with E-state index in [2.05, 4.69) is 13.8 Å². The zero-order valence-corrected chi connectivity index (χ0v) is 11.9. The molecule has 17 heavy (non-hydrogen) atoms. The normalized spacial score (nSPS) is 18.7. The Labute approximate surface area is 106 Å². The first kappa shape index (κ1) is 16.9. The zero-order chi connectivity index (χ0) is 13.3. The Morgan fingerprint density at radius 2 is 1.06 bits per heavy atom. The number of aliphatic hydroxyl groups excluding tert-OH is 2. The Bertz CT molecular complexity index is 155. The van der Waals surface area contributed by atoms with E-state index >= 15 is 0 Å². The molecular weight excluding hydrogens is 216 g/mol. The van der Waals surface area contributed by atoms with Crippen LogP contribution in [-0.4, -0.2) is 35.6 Å². The summed E-state index contributed by atoms with van der Waals surface area (Å²) >= 11 is 0. The van der Waals surface area contributed by atoms with E-state index in [1.807, 2.05) is 13.8 Å². The summed E-state index contributed by atoms with van der Waals surface area (Å²) in [6.07, 6.45) is 2.88. The van der Waals surface area contributed by atoms with Crippen molar-refractivity contribution in [1.29, 1.82) is 0 Å². The average molecular weight is 246 g/mol. The van der Waals surface area contributed by atoms with Gasteiger partial charge in [0.05, 0.1) is 25.4 Å². The minimum atomic E-state index is -0.267. The molecular formula is C14H30O3. The van der Waals surface area contributed by atoms with Gasteiger partial charge in [-0.15, -0.1) is 0 Å². The van der Waals surface area contributed by atoms with Crippen LogP contribution in [0.4, 0.5) is 0 Å². The third kappa shape index (κ3) is 6.39. The minimum absolute atomic E-state index is 0.219. The maximum Gasteiger partial charge on any atom is 0.0587 e. The van der Waals surface area contributed by atoms with Crippen molar-refractivity contribution in [1.82, 2.24) is 0 Å². The SMILES string of the molecule is CCC(O)C(CC)COCC(CC)C(O)CC. The van der Waals surface area contributed by atoms with E-state index in [0.29, 0.717) is 13.2 Å². The van der Waals surface area contributed by atoms with E-state index in [1.165, 1.54) is 0 Å². The molecule has 2 N–H and O–H groups in total. The third-order valence-electron chi connectivity index (χ3n) is 3.64. The van der Waals surface area contributed by atoms with E-state index in [1.54, 1.807) is 0 Å². The molecule has 0 aliphatic carbocycles. The van der Waals surface area contributed by atoms with Crippen LogP contribution in [0, 0.1) is 11.8 Å². The number of hydrogen-bond acceptors (Lipinski definition) is 3. The fourth-order valence-electron chi connectivity index (χ4n) is 2.04. The van der Waals surface area contributed by atoms with Crippen molar-refractivity contribution in [2.24, 2.45) is 11.8 Å². The van der Waals surface area contributed by atoms with Crippen LogP contribution in [0.1, 0.15) is 53.4 Å². The fraction of sp³-hybridized carbons (Fsp3) is 1.00.